The first-order valence-corrected chi connectivity index (χ1v) is 6.18. The van der Waals surface area contributed by atoms with Gasteiger partial charge in [-0.1, -0.05) is 17.7 Å². The molecule has 2 rings (SSSR count). The number of ether oxygens (including phenoxy) is 1. The van der Waals surface area contributed by atoms with Gasteiger partial charge in [0.25, 0.3) is 0 Å². The van der Waals surface area contributed by atoms with Gasteiger partial charge in [0.1, 0.15) is 5.15 Å². The van der Waals surface area contributed by atoms with Crippen molar-refractivity contribution < 1.29 is 9.53 Å². The van der Waals surface area contributed by atoms with Crippen molar-refractivity contribution in [3.05, 3.63) is 45.6 Å². The van der Waals surface area contributed by atoms with E-state index in [4.69, 9.17) is 16.3 Å². The fourth-order valence-electron chi connectivity index (χ4n) is 1.19. The Morgan fingerprint density at radius 2 is 2.29 bits per heavy atom. The molecule has 0 aliphatic carbocycles. The summed E-state index contributed by atoms with van der Waals surface area (Å²) in [6, 6.07) is 3.97. The molecule has 0 atom stereocenters. The van der Waals surface area contributed by atoms with Crippen LogP contribution in [0.4, 0.5) is 0 Å². The van der Waals surface area contributed by atoms with Gasteiger partial charge in [-0.3, -0.25) is 0 Å². The molecule has 0 saturated carbocycles. The summed E-state index contributed by atoms with van der Waals surface area (Å²) in [5, 5.41) is 2.24. The van der Waals surface area contributed by atoms with Crippen LogP contribution in [0.5, 0.6) is 0 Å². The summed E-state index contributed by atoms with van der Waals surface area (Å²) >= 11 is 7.20. The maximum Gasteiger partial charge on any atom is 0.358 e. The highest BCUT2D eigenvalue weighted by molar-refractivity contribution is 7.09. The van der Waals surface area contributed by atoms with E-state index in [0.29, 0.717) is 13.0 Å². The van der Waals surface area contributed by atoms with E-state index in [1.54, 1.807) is 11.3 Å². The number of hydrogen-bond acceptors (Lipinski definition) is 5. The average molecular weight is 269 g/mol. The zero-order chi connectivity index (χ0) is 12.1. The molecule has 0 aromatic carbocycles. The fourth-order valence-corrected chi connectivity index (χ4v) is 1.98. The number of carbonyl (C=O) groups excluding carboxylic acids is 1. The number of aromatic nitrogens is 2. The third-order valence-corrected chi connectivity index (χ3v) is 3.12. The van der Waals surface area contributed by atoms with Crippen molar-refractivity contribution in [1.82, 2.24) is 9.97 Å². The van der Waals surface area contributed by atoms with Gasteiger partial charge < -0.3 is 4.74 Å². The Labute approximate surface area is 107 Å². The molecule has 6 heteroatoms. The SMILES string of the molecule is O=C(OCCc1cccs1)c1cnc(Cl)cn1. The molecule has 88 valence electrons. The normalized spacial score (nSPS) is 10.2. The van der Waals surface area contributed by atoms with Crippen molar-refractivity contribution in [3.8, 4) is 0 Å². The van der Waals surface area contributed by atoms with Gasteiger partial charge in [-0.15, -0.1) is 11.3 Å². The molecule has 0 unspecified atom stereocenters. The second-order valence-electron chi connectivity index (χ2n) is 3.19. The van der Waals surface area contributed by atoms with Crippen LogP contribution in [-0.2, 0) is 11.2 Å². The number of esters is 1. The second kappa shape index (κ2) is 5.75. The Bertz CT molecular complexity index is 485. The molecule has 0 radical (unpaired) electrons. The van der Waals surface area contributed by atoms with Gasteiger partial charge in [-0.25, -0.2) is 14.8 Å². The first-order chi connectivity index (χ1) is 8.25. The number of carbonyl (C=O) groups is 1. The molecule has 0 N–H and O–H groups in total. The minimum Gasteiger partial charge on any atom is -0.461 e. The standard InChI is InChI=1S/C11H9ClN2O2S/c12-10-7-13-9(6-14-10)11(15)16-4-3-8-2-1-5-17-8/h1-2,5-7H,3-4H2. The lowest BCUT2D eigenvalue weighted by molar-refractivity contribution is 0.0502. The van der Waals surface area contributed by atoms with Crippen molar-refractivity contribution in [2.45, 2.75) is 6.42 Å². The first-order valence-electron chi connectivity index (χ1n) is 4.93. The molecule has 0 aliphatic heterocycles. The Morgan fingerprint density at radius 1 is 1.41 bits per heavy atom. The van der Waals surface area contributed by atoms with Crippen LogP contribution in [0.25, 0.3) is 0 Å². The minimum atomic E-state index is -0.481. The topological polar surface area (TPSA) is 52.1 Å². The van der Waals surface area contributed by atoms with E-state index in [0.717, 1.165) is 0 Å². The molecule has 0 saturated heterocycles. The Hall–Kier alpha value is -1.46. The van der Waals surface area contributed by atoms with Crippen molar-refractivity contribution in [3.63, 3.8) is 0 Å². The zero-order valence-electron chi connectivity index (χ0n) is 8.80. The Morgan fingerprint density at radius 3 is 2.94 bits per heavy atom. The lowest BCUT2D eigenvalue weighted by Crippen LogP contribution is -2.09. The molecule has 17 heavy (non-hydrogen) atoms. The third-order valence-electron chi connectivity index (χ3n) is 1.99. The minimum absolute atomic E-state index is 0.167. The molecule has 4 nitrogen and oxygen atoms in total. The molecule has 0 bridgehead atoms. The molecule has 0 aliphatic rings. The lowest BCUT2D eigenvalue weighted by atomic mass is 10.3. The monoisotopic (exact) mass is 268 g/mol. The van der Waals surface area contributed by atoms with E-state index >= 15 is 0 Å². The van der Waals surface area contributed by atoms with E-state index < -0.39 is 5.97 Å². The quantitative estimate of drug-likeness (QED) is 0.800. The summed E-state index contributed by atoms with van der Waals surface area (Å²) in [5.41, 5.74) is 0.167. The van der Waals surface area contributed by atoms with Crippen molar-refractivity contribution in [2.24, 2.45) is 0 Å². The molecule has 2 aromatic rings. The average Bonchev–Trinajstić information content (AvgIpc) is 2.83. The van der Waals surface area contributed by atoms with Gasteiger partial charge in [-0.05, 0) is 11.4 Å². The highest BCUT2D eigenvalue weighted by Crippen LogP contribution is 2.09. The highest BCUT2D eigenvalue weighted by atomic mass is 35.5. The number of halogens is 1. The van der Waals surface area contributed by atoms with Crippen LogP contribution < -0.4 is 0 Å². The summed E-state index contributed by atoms with van der Waals surface area (Å²) in [7, 11) is 0. The van der Waals surface area contributed by atoms with Gasteiger partial charge in [0, 0.05) is 11.3 Å². The summed E-state index contributed by atoms with van der Waals surface area (Å²) < 4.78 is 5.06. The van der Waals surface area contributed by atoms with Crippen LogP contribution in [0, 0.1) is 0 Å². The lowest BCUT2D eigenvalue weighted by Gasteiger charge is -2.02. The fraction of sp³-hybridized carbons (Fsp3) is 0.182. The first kappa shape index (κ1) is 12.0. The zero-order valence-corrected chi connectivity index (χ0v) is 10.4. The summed E-state index contributed by atoms with van der Waals surface area (Å²) in [4.78, 5) is 20.3. The summed E-state index contributed by atoms with van der Waals surface area (Å²) in [6.07, 6.45) is 3.33. The number of nitrogens with zero attached hydrogens (tertiary/aromatic N) is 2. The molecule has 0 amide bonds. The highest BCUT2D eigenvalue weighted by Gasteiger charge is 2.09. The Balaban J connectivity index is 1.83. The van der Waals surface area contributed by atoms with Gasteiger partial charge in [-0.2, -0.15) is 0 Å². The molecular formula is C11H9ClN2O2S. The second-order valence-corrected chi connectivity index (χ2v) is 4.61. The van der Waals surface area contributed by atoms with E-state index in [-0.39, 0.29) is 10.8 Å². The summed E-state index contributed by atoms with van der Waals surface area (Å²) in [5.74, 6) is -0.481. The largest absolute Gasteiger partial charge is 0.461 e. The van der Waals surface area contributed by atoms with Crippen molar-refractivity contribution in [1.29, 1.82) is 0 Å². The number of thiophene rings is 1. The van der Waals surface area contributed by atoms with E-state index in [9.17, 15) is 4.79 Å². The van der Waals surface area contributed by atoms with Crippen LogP contribution in [-0.4, -0.2) is 22.5 Å². The number of rotatable bonds is 4. The maximum absolute atomic E-state index is 11.5. The number of hydrogen-bond donors (Lipinski definition) is 0. The van der Waals surface area contributed by atoms with E-state index in [1.807, 2.05) is 17.5 Å². The van der Waals surface area contributed by atoms with Gasteiger partial charge in [0.2, 0.25) is 0 Å². The van der Waals surface area contributed by atoms with Crippen LogP contribution in [0.15, 0.2) is 29.9 Å². The Kier molecular flexibility index (Phi) is 4.06. The molecule has 2 heterocycles. The molecule has 0 spiro atoms. The van der Waals surface area contributed by atoms with Gasteiger partial charge in [0.05, 0.1) is 19.0 Å². The van der Waals surface area contributed by atoms with Crippen LogP contribution in [0.2, 0.25) is 5.15 Å². The van der Waals surface area contributed by atoms with E-state index in [1.165, 1.54) is 17.3 Å². The molecule has 2 aromatic heterocycles. The van der Waals surface area contributed by atoms with Gasteiger partial charge in [0.15, 0.2) is 5.69 Å². The van der Waals surface area contributed by atoms with Crippen LogP contribution >= 0.6 is 22.9 Å². The van der Waals surface area contributed by atoms with Crippen LogP contribution in [0.3, 0.4) is 0 Å². The molecule has 0 fully saturated rings. The van der Waals surface area contributed by atoms with Crippen molar-refractivity contribution >= 4 is 28.9 Å². The predicted octanol–water partition coefficient (Wildman–Crippen LogP) is 2.59. The third kappa shape index (κ3) is 3.51. The van der Waals surface area contributed by atoms with E-state index in [2.05, 4.69) is 9.97 Å². The van der Waals surface area contributed by atoms with Crippen LogP contribution in [0.1, 0.15) is 15.4 Å². The predicted molar refractivity (Wildman–Crippen MR) is 65.3 cm³/mol. The van der Waals surface area contributed by atoms with Gasteiger partial charge >= 0.3 is 5.97 Å². The smallest absolute Gasteiger partial charge is 0.358 e. The summed E-state index contributed by atoms with van der Waals surface area (Å²) in [6.45, 7) is 0.337. The maximum atomic E-state index is 11.5. The van der Waals surface area contributed by atoms with Crippen molar-refractivity contribution in [2.75, 3.05) is 6.61 Å². The molecular weight excluding hydrogens is 260 g/mol.